The topological polar surface area (TPSA) is 32.9 Å². The summed E-state index contributed by atoms with van der Waals surface area (Å²) in [5, 5.41) is 0.389. The van der Waals surface area contributed by atoms with Crippen LogP contribution < -0.4 is 5.56 Å². The average Bonchev–Trinajstić information content (AvgIpc) is 2.35. The van der Waals surface area contributed by atoms with E-state index in [1.54, 1.807) is 0 Å². The van der Waals surface area contributed by atoms with Crippen LogP contribution in [0.3, 0.4) is 0 Å². The number of H-pyrrole nitrogens is 1. The molecule has 0 fully saturated rings. The van der Waals surface area contributed by atoms with Gasteiger partial charge in [-0.15, -0.1) is 0 Å². The van der Waals surface area contributed by atoms with Gasteiger partial charge in [0.05, 0.1) is 15.1 Å². The smallest absolute Gasteiger partial charge is 0.266 e. The zero-order valence-corrected chi connectivity index (χ0v) is 7.30. The molecule has 0 atom stereocenters. The fraction of sp³-hybridized carbons (Fsp3) is 0. The van der Waals surface area contributed by atoms with Gasteiger partial charge in [0, 0.05) is 0 Å². The lowest BCUT2D eigenvalue weighted by molar-refractivity contribution is 0.630. The van der Waals surface area contributed by atoms with Crippen LogP contribution in [0, 0.1) is 5.82 Å². The number of halogens is 2. The summed E-state index contributed by atoms with van der Waals surface area (Å²) in [4.78, 5) is 11.0. The van der Waals surface area contributed by atoms with E-state index < -0.39 is 5.82 Å². The van der Waals surface area contributed by atoms with Crippen molar-refractivity contribution >= 4 is 33.2 Å². The molecule has 1 N–H and O–H groups in total. The minimum atomic E-state index is -0.562. The first-order valence-corrected chi connectivity index (χ1v) is 4.34. The maximum absolute atomic E-state index is 12.8. The fourth-order valence-electron chi connectivity index (χ4n) is 0.947. The summed E-state index contributed by atoms with van der Waals surface area (Å²) in [5.41, 5.74) is -0.273. The molecule has 12 heavy (non-hydrogen) atoms. The molecular formula is C7H3ClFNOS. The molecule has 0 bridgehead atoms. The maximum atomic E-state index is 12.8. The van der Waals surface area contributed by atoms with Gasteiger partial charge in [-0.2, -0.15) is 0 Å². The maximum Gasteiger partial charge on any atom is 0.266 e. The number of hydrogen-bond acceptors (Lipinski definition) is 2. The van der Waals surface area contributed by atoms with Crippen molar-refractivity contribution in [3.05, 3.63) is 33.3 Å². The Labute approximate surface area is 75.7 Å². The van der Waals surface area contributed by atoms with Crippen LogP contribution in [0.15, 0.2) is 16.9 Å². The molecule has 0 amide bonds. The molecule has 0 aliphatic rings. The third-order valence-electron chi connectivity index (χ3n) is 1.52. The van der Waals surface area contributed by atoms with Gasteiger partial charge in [-0.1, -0.05) is 23.1 Å². The van der Waals surface area contributed by atoms with Gasteiger partial charge in [-0.25, -0.2) is 4.39 Å². The van der Waals surface area contributed by atoms with E-state index in [-0.39, 0.29) is 10.6 Å². The highest BCUT2D eigenvalue weighted by Gasteiger charge is 2.06. The lowest BCUT2D eigenvalue weighted by Gasteiger charge is -1.91. The van der Waals surface area contributed by atoms with Crippen molar-refractivity contribution in [3.63, 3.8) is 0 Å². The van der Waals surface area contributed by atoms with Gasteiger partial charge in [0.25, 0.3) is 5.56 Å². The third-order valence-corrected chi connectivity index (χ3v) is 2.66. The van der Waals surface area contributed by atoms with Gasteiger partial charge >= 0.3 is 0 Å². The molecule has 2 aromatic rings. The molecule has 0 aliphatic carbocycles. The summed E-state index contributed by atoms with van der Waals surface area (Å²) in [6.07, 6.45) is 0. The summed E-state index contributed by atoms with van der Waals surface area (Å²) in [6, 6.07) is 2.59. The number of rotatable bonds is 0. The van der Waals surface area contributed by atoms with Crippen molar-refractivity contribution in [3.8, 4) is 0 Å². The SMILES string of the molecule is O=c1[nH]sc2cc(Cl)c(F)cc12. The van der Waals surface area contributed by atoms with E-state index in [0.717, 1.165) is 17.6 Å². The molecule has 0 saturated heterocycles. The standard InChI is InChI=1S/C7H3ClFNOS/c8-4-2-6-3(1-5(4)9)7(11)10-12-6/h1-2H,(H,10,11). The molecule has 0 spiro atoms. The normalized spacial score (nSPS) is 10.8. The van der Waals surface area contributed by atoms with E-state index in [9.17, 15) is 9.18 Å². The number of nitrogens with one attached hydrogen (secondary N) is 1. The fourth-order valence-corrected chi connectivity index (χ4v) is 1.93. The van der Waals surface area contributed by atoms with Crippen LogP contribution in [0.1, 0.15) is 0 Å². The van der Waals surface area contributed by atoms with Crippen LogP contribution in [0.2, 0.25) is 5.02 Å². The predicted molar refractivity (Wildman–Crippen MR) is 47.4 cm³/mol. The van der Waals surface area contributed by atoms with E-state index in [0.29, 0.717) is 10.1 Å². The second-order valence-electron chi connectivity index (χ2n) is 2.30. The largest absolute Gasteiger partial charge is 0.277 e. The van der Waals surface area contributed by atoms with Gasteiger partial charge in [0.15, 0.2) is 0 Å². The van der Waals surface area contributed by atoms with E-state index in [4.69, 9.17) is 11.6 Å². The first kappa shape index (κ1) is 7.76. The van der Waals surface area contributed by atoms with Crippen LogP contribution in [0.5, 0.6) is 0 Å². The molecular weight excluding hydrogens is 201 g/mol. The summed E-state index contributed by atoms with van der Waals surface area (Å²) >= 11 is 6.66. The molecule has 62 valence electrons. The number of benzene rings is 1. The van der Waals surface area contributed by atoms with Crippen LogP contribution in [0.4, 0.5) is 4.39 Å². The first-order valence-electron chi connectivity index (χ1n) is 3.15. The number of hydrogen-bond donors (Lipinski definition) is 1. The monoisotopic (exact) mass is 203 g/mol. The van der Waals surface area contributed by atoms with Crippen LogP contribution in [-0.2, 0) is 0 Å². The van der Waals surface area contributed by atoms with Crippen molar-refractivity contribution in [1.82, 2.24) is 4.37 Å². The Hall–Kier alpha value is -0.870. The highest BCUT2D eigenvalue weighted by Crippen LogP contribution is 2.22. The quantitative estimate of drug-likeness (QED) is 0.701. The van der Waals surface area contributed by atoms with Gasteiger partial charge in [0.2, 0.25) is 0 Å². The minimum absolute atomic E-state index is 0.0396. The summed E-state index contributed by atoms with van der Waals surface area (Å²) < 4.78 is 16.0. The molecule has 1 heterocycles. The van der Waals surface area contributed by atoms with Gasteiger partial charge < -0.3 is 0 Å². The molecule has 0 saturated carbocycles. The zero-order valence-electron chi connectivity index (χ0n) is 5.73. The summed E-state index contributed by atoms with van der Waals surface area (Å²) in [5.74, 6) is -0.562. The Morgan fingerprint density at radius 2 is 2.25 bits per heavy atom. The molecule has 5 heteroatoms. The summed E-state index contributed by atoms with van der Waals surface area (Å²) in [6.45, 7) is 0. The molecule has 0 unspecified atom stereocenters. The Bertz CT molecular complexity index is 490. The highest BCUT2D eigenvalue weighted by atomic mass is 35.5. The second-order valence-corrected chi connectivity index (χ2v) is 3.55. The van der Waals surface area contributed by atoms with E-state index in [2.05, 4.69) is 4.37 Å². The van der Waals surface area contributed by atoms with Crippen molar-refractivity contribution < 1.29 is 4.39 Å². The Balaban J connectivity index is 2.97. The predicted octanol–water partition coefficient (Wildman–Crippen LogP) is 2.38. The van der Waals surface area contributed by atoms with Gasteiger partial charge in [0.1, 0.15) is 5.82 Å². The molecule has 2 rings (SSSR count). The molecule has 0 radical (unpaired) electrons. The highest BCUT2D eigenvalue weighted by molar-refractivity contribution is 7.13. The lowest BCUT2D eigenvalue weighted by atomic mass is 10.3. The summed E-state index contributed by atoms with van der Waals surface area (Å²) in [7, 11) is 0. The van der Waals surface area contributed by atoms with Crippen molar-refractivity contribution in [2.45, 2.75) is 0 Å². The van der Waals surface area contributed by atoms with Crippen LogP contribution in [-0.4, -0.2) is 4.37 Å². The molecule has 2 nitrogen and oxygen atoms in total. The molecule has 1 aromatic carbocycles. The number of fused-ring (bicyclic) bond motifs is 1. The van der Waals surface area contributed by atoms with E-state index >= 15 is 0 Å². The molecule has 0 aliphatic heterocycles. The lowest BCUT2D eigenvalue weighted by Crippen LogP contribution is -1.96. The van der Waals surface area contributed by atoms with Gasteiger partial charge in [-0.05, 0) is 12.1 Å². The van der Waals surface area contributed by atoms with E-state index in [1.807, 2.05) is 0 Å². The van der Waals surface area contributed by atoms with Crippen molar-refractivity contribution in [2.24, 2.45) is 0 Å². The zero-order chi connectivity index (χ0) is 8.72. The first-order chi connectivity index (χ1) is 5.68. The Morgan fingerprint density at radius 1 is 1.50 bits per heavy atom. The number of aromatic nitrogens is 1. The second kappa shape index (κ2) is 2.57. The van der Waals surface area contributed by atoms with E-state index in [1.165, 1.54) is 6.07 Å². The Morgan fingerprint density at radius 3 is 3.00 bits per heavy atom. The molecule has 1 aromatic heterocycles. The van der Waals surface area contributed by atoms with Crippen molar-refractivity contribution in [1.29, 1.82) is 0 Å². The van der Waals surface area contributed by atoms with Crippen LogP contribution in [0.25, 0.3) is 10.1 Å². The third kappa shape index (κ3) is 1.04. The van der Waals surface area contributed by atoms with Crippen molar-refractivity contribution in [2.75, 3.05) is 0 Å². The number of aromatic amines is 1. The average molecular weight is 204 g/mol. The Kier molecular flexibility index (Phi) is 1.66. The van der Waals surface area contributed by atoms with Gasteiger partial charge in [-0.3, -0.25) is 9.17 Å². The minimum Gasteiger partial charge on any atom is -0.277 e. The van der Waals surface area contributed by atoms with Crippen LogP contribution >= 0.6 is 23.1 Å².